The number of hydrogen-bond acceptors (Lipinski definition) is 5. The van der Waals surface area contributed by atoms with Crippen LogP contribution in [0.4, 0.5) is 0 Å². The van der Waals surface area contributed by atoms with E-state index < -0.39 is 0 Å². The molecular weight excluding hydrogens is 514 g/mol. The lowest BCUT2D eigenvalue weighted by molar-refractivity contribution is -0.0369. The Kier molecular flexibility index (Phi) is 7.48. The van der Waals surface area contributed by atoms with E-state index >= 15 is 0 Å². The van der Waals surface area contributed by atoms with Crippen LogP contribution in [0.25, 0.3) is 11.3 Å². The molecule has 0 N–H and O–H groups in total. The summed E-state index contributed by atoms with van der Waals surface area (Å²) in [5, 5.41) is 0. The molecule has 0 saturated carbocycles. The van der Waals surface area contributed by atoms with Gasteiger partial charge in [0.2, 0.25) is 0 Å². The molecule has 6 rings (SSSR count). The first-order chi connectivity index (χ1) is 20.1. The molecule has 2 atom stereocenters. The van der Waals surface area contributed by atoms with Gasteiger partial charge in [0.15, 0.2) is 0 Å². The molecule has 2 fully saturated rings. The van der Waals surface area contributed by atoms with E-state index in [9.17, 15) is 9.59 Å². The largest absolute Gasteiger partial charge is 0.497 e. The van der Waals surface area contributed by atoms with Crippen molar-refractivity contribution in [1.82, 2.24) is 14.8 Å². The molecule has 0 aliphatic carbocycles. The van der Waals surface area contributed by atoms with E-state index in [1.165, 1.54) is 0 Å². The average molecular weight is 544 g/mol. The van der Waals surface area contributed by atoms with Crippen molar-refractivity contribution in [3.05, 3.63) is 119 Å². The van der Waals surface area contributed by atoms with Gasteiger partial charge in [0, 0.05) is 48.1 Å². The Labute approximate surface area is 239 Å². The highest BCUT2D eigenvalue weighted by atomic mass is 16.5. The number of morpholine rings is 1. The zero-order chi connectivity index (χ0) is 28.2. The second-order valence-electron chi connectivity index (χ2n) is 10.0. The molecule has 0 unspecified atom stereocenters. The summed E-state index contributed by atoms with van der Waals surface area (Å²) in [6, 6.07) is 28.0. The molecule has 4 aromatic rings. The van der Waals surface area contributed by atoms with Crippen molar-refractivity contribution >= 4 is 11.8 Å². The standard InChI is InChI=1S/C34H29N3O4/c1-40-28-17-15-26(16-18-28)32-29(8-5-19-35-32)34(39)37-20-21-41-31-23-36(22-30(31)37)33(38)27-13-11-25(12-14-27)10-9-24-6-3-2-4-7-24/h2-8,11-19,30-31H,20-23H2,1H3/t30-,31+/m0/s1. The molecule has 41 heavy (non-hydrogen) atoms. The minimum absolute atomic E-state index is 0.0849. The van der Waals surface area contributed by atoms with Gasteiger partial charge in [-0.1, -0.05) is 30.0 Å². The Morgan fingerprint density at radius 2 is 1.59 bits per heavy atom. The van der Waals surface area contributed by atoms with Crippen LogP contribution in [0, 0.1) is 11.8 Å². The fourth-order valence-corrected chi connectivity index (χ4v) is 5.36. The number of hydrogen-bond donors (Lipinski definition) is 0. The van der Waals surface area contributed by atoms with Gasteiger partial charge in [-0.25, -0.2) is 0 Å². The lowest BCUT2D eigenvalue weighted by Crippen LogP contribution is -2.53. The first-order valence-corrected chi connectivity index (χ1v) is 13.6. The summed E-state index contributed by atoms with van der Waals surface area (Å²) in [6.07, 6.45) is 1.45. The molecule has 3 aromatic carbocycles. The maximum Gasteiger partial charge on any atom is 0.256 e. The van der Waals surface area contributed by atoms with Crippen LogP contribution >= 0.6 is 0 Å². The molecule has 1 aromatic heterocycles. The van der Waals surface area contributed by atoms with Crippen LogP contribution in [0.15, 0.2) is 97.2 Å². The van der Waals surface area contributed by atoms with Crippen molar-refractivity contribution < 1.29 is 19.1 Å². The highest BCUT2D eigenvalue weighted by Crippen LogP contribution is 2.29. The Balaban J connectivity index is 1.17. The van der Waals surface area contributed by atoms with Crippen molar-refractivity contribution in [2.75, 3.05) is 33.4 Å². The number of likely N-dealkylation sites (tertiary alicyclic amines) is 1. The van der Waals surface area contributed by atoms with Crippen LogP contribution in [0.2, 0.25) is 0 Å². The number of methoxy groups -OCH3 is 1. The molecule has 0 bridgehead atoms. The number of benzene rings is 3. The molecule has 3 heterocycles. The van der Waals surface area contributed by atoms with Crippen molar-refractivity contribution in [2.24, 2.45) is 0 Å². The van der Waals surface area contributed by atoms with E-state index in [0.29, 0.717) is 43.1 Å². The van der Waals surface area contributed by atoms with E-state index in [-0.39, 0.29) is 24.0 Å². The van der Waals surface area contributed by atoms with Gasteiger partial charge in [-0.15, -0.1) is 0 Å². The van der Waals surface area contributed by atoms with Gasteiger partial charge >= 0.3 is 0 Å². The number of ether oxygens (including phenoxy) is 2. The van der Waals surface area contributed by atoms with Gasteiger partial charge in [-0.05, 0) is 72.8 Å². The molecule has 2 aliphatic heterocycles. The molecule has 7 heteroatoms. The maximum atomic E-state index is 13.9. The summed E-state index contributed by atoms with van der Waals surface area (Å²) in [5.41, 5.74) is 4.33. The Morgan fingerprint density at radius 3 is 2.32 bits per heavy atom. The highest BCUT2D eigenvalue weighted by Gasteiger charge is 2.44. The quantitative estimate of drug-likeness (QED) is 0.354. The zero-order valence-electron chi connectivity index (χ0n) is 22.7. The minimum atomic E-state index is -0.242. The van der Waals surface area contributed by atoms with Crippen LogP contribution < -0.4 is 4.74 Å². The van der Waals surface area contributed by atoms with Crippen molar-refractivity contribution in [3.8, 4) is 28.8 Å². The zero-order valence-corrected chi connectivity index (χ0v) is 22.7. The van der Waals surface area contributed by atoms with Crippen LogP contribution in [-0.2, 0) is 4.74 Å². The maximum absolute atomic E-state index is 13.9. The second-order valence-corrected chi connectivity index (χ2v) is 10.0. The number of rotatable bonds is 4. The summed E-state index contributed by atoms with van der Waals surface area (Å²) < 4.78 is 11.3. The molecule has 0 spiro atoms. The SMILES string of the molecule is COc1ccc(-c2ncccc2C(=O)N2CCO[C@@H]3CN(C(=O)c4ccc(C#Cc5ccccc5)cc4)C[C@@H]32)cc1. The van der Waals surface area contributed by atoms with Gasteiger partial charge in [0.25, 0.3) is 11.8 Å². The number of fused-ring (bicyclic) bond motifs is 1. The van der Waals surface area contributed by atoms with Crippen molar-refractivity contribution in [3.63, 3.8) is 0 Å². The Bertz CT molecular complexity index is 1610. The molecule has 204 valence electrons. The van der Waals surface area contributed by atoms with E-state index in [1.54, 1.807) is 42.5 Å². The van der Waals surface area contributed by atoms with Gasteiger partial charge < -0.3 is 19.3 Å². The van der Waals surface area contributed by atoms with Crippen LogP contribution in [-0.4, -0.2) is 72.1 Å². The average Bonchev–Trinajstić information content (AvgIpc) is 3.49. The van der Waals surface area contributed by atoms with Gasteiger partial charge in [0.1, 0.15) is 5.75 Å². The summed E-state index contributed by atoms with van der Waals surface area (Å²) in [6.45, 7) is 1.71. The third-order valence-corrected chi connectivity index (χ3v) is 7.51. The smallest absolute Gasteiger partial charge is 0.256 e. The number of pyridine rings is 1. The summed E-state index contributed by atoms with van der Waals surface area (Å²) in [4.78, 5) is 35.5. The lowest BCUT2D eigenvalue weighted by Gasteiger charge is -2.37. The normalized spacial score (nSPS) is 17.8. The predicted octanol–water partition coefficient (Wildman–Crippen LogP) is 4.52. The summed E-state index contributed by atoms with van der Waals surface area (Å²) in [7, 11) is 1.62. The van der Waals surface area contributed by atoms with Gasteiger partial charge in [-0.2, -0.15) is 0 Å². The van der Waals surface area contributed by atoms with Crippen LogP contribution in [0.5, 0.6) is 5.75 Å². The predicted molar refractivity (Wildman–Crippen MR) is 156 cm³/mol. The summed E-state index contributed by atoms with van der Waals surface area (Å²) in [5.74, 6) is 6.82. The molecule has 0 radical (unpaired) electrons. The molecule has 7 nitrogen and oxygen atoms in total. The Morgan fingerprint density at radius 1 is 0.854 bits per heavy atom. The van der Waals surface area contributed by atoms with Gasteiger partial charge in [0.05, 0.1) is 37.1 Å². The van der Waals surface area contributed by atoms with Crippen molar-refractivity contribution in [1.29, 1.82) is 0 Å². The van der Waals surface area contributed by atoms with Crippen LogP contribution in [0.1, 0.15) is 31.8 Å². The monoisotopic (exact) mass is 543 g/mol. The number of carbonyl (C=O) groups excluding carboxylic acids is 2. The molecule has 2 amide bonds. The minimum Gasteiger partial charge on any atom is -0.497 e. The summed E-state index contributed by atoms with van der Waals surface area (Å²) >= 11 is 0. The third-order valence-electron chi connectivity index (χ3n) is 7.51. The highest BCUT2D eigenvalue weighted by molar-refractivity contribution is 6.00. The van der Waals surface area contributed by atoms with E-state index in [1.807, 2.05) is 71.6 Å². The number of nitrogens with zero attached hydrogens (tertiary/aromatic N) is 3. The molecular formula is C34H29N3O4. The third kappa shape index (κ3) is 5.56. The van der Waals surface area contributed by atoms with E-state index in [4.69, 9.17) is 9.47 Å². The second kappa shape index (κ2) is 11.7. The first kappa shape index (κ1) is 26.3. The van der Waals surface area contributed by atoms with Crippen LogP contribution in [0.3, 0.4) is 0 Å². The topological polar surface area (TPSA) is 72.0 Å². The van der Waals surface area contributed by atoms with E-state index in [2.05, 4.69) is 16.8 Å². The molecule has 2 saturated heterocycles. The fourth-order valence-electron chi connectivity index (χ4n) is 5.36. The lowest BCUT2D eigenvalue weighted by atomic mass is 10.0. The number of amides is 2. The van der Waals surface area contributed by atoms with E-state index in [0.717, 1.165) is 22.4 Å². The van der Waals surface area contributed by atoms with Gasteiger partial charge in [-0.3, -0.25) is 14.6 Å². The fraction of sp³-hybridized carbons (Fsp3) is 0.206. The molecule has 2 aliphatic rings. The Hall–Kier alpha value is -4.93. The number of aromatic nitrogens is 1. The van der Waals surface area contributed by atoms with Crippen molar-refractivity contribution in [2.45, 2.75) is 12.1 Å². The first-order valence-electron chi connectivity index (χ1n) is 13.6. The number of carbonyl (C=O) groups is 2.